The van der Waals surface area contributed by atoms with Crippen LogP contribution in [0.15, 0.2) is 0 Å². The lowest BCUT2D eigenvalue weighted by Crippen LogP contribution is -2.28. The van der Waals surface area contributed by atoms with Gasteiger partial charge in [-0.05, 0) is 39.7 Å². The molecule has 1 aliphatic heterocycles. The number of nitrogens with zero attached hydrogens (tertiary/aromatic N) is 1. The molecule has 1 rings (SSSR count). The highest BCUT2D eigenvalue weighted by molar-refractivity contribution is 4.77. The zero-order valence-corrected chi connectivity index (χ0v) is 10.5. The van der Waals surface area contributed by atoms with Gasteiger partial charge in [0, 0.05) is 19.2 Å². The minimum absolute atomic E-state index is 0.705. The first-order valence-corrected chi connectivity index (χ1v) is 6.05. The fourth-order valence-electron chi connectivity index (χ4n) is 1.75. The van der Waals surface area contributed by atoms with E-state index in [0.717, 1.165) is 19.1 Å². The molecule has 0 bridgehead atoms. The summed E-state index contributed by atoms with van der Waals surface area (Å²) in [5.74, 6) is 0.785. The van der Waals surface area contributed by atoms with Crippen molar-refractivity contribution in [1.29, 1.82) is 0 Å². The summed E-state index contributed by atoms with van der Waals surface area (Å²) >= 11 is 0. The van der Waals surface area contributed by atoms with Gasteiger partial charge < -0.3 is 9.64 Å². The molecule has 1 atom stereocenters. The van der Waals surface area contributed by atoms with Crippen LogP contribution in [0, 0.1) is 5.92 Å². The van der Waals surface area contributed by atoms with Gasteiger partial charge in [0.25, 0.3) is 0 Å². The first-order valence-electron chi connectivity index (χ1n) is 6.05. The Hall–Kier alpha value is -0.0800. The average molecular weight is 201 g/mol. The summed E-state index contributed by atoms with van der Waals surface area (Å²) in [6.07, 6.45) is 1.32. The zero-order valence-electron chi connectivity index (χ0n) is 10.5. The minimum Gasteiger partial charge on any atom is -0.381 e. The molecular formula is C12H27NO. The van der Waals surface area contributed by atoms with Gasteiger partial charge >= 0.3 is 0 Å². The Kier molecular flexibility index (Phi) is 8.20. The van der Waals surface area contributed by atoms with Gasteiger partial charge in [-0.25, -0.2) is 0 Å². The number of hydrogen-bond donors (Lipinski definition) is 0. The molecule has 0 saturated carbocycles. The van der Waals surface area contributed by atoms with Crippen LogP contribution in [0.2, 0.25) is 0 Å². The van der Waals surface area contributed by atoms with E-state index >= 15 is 0 Å². The van der Waals surface area contributed by atoms with Crippen molar-refractivity contribution in [1.82, 2.24) is 4.90 Å². The van der Waals surface area contributed by atoms with E-state index in [-0.39, 0.29) is 0 Å². The van der Waals surface area contributed by atoms with Crippen LogP contribution in [0.1, 0.15) is 41.0 Å². The van der Waals surface area contributed by atoms with Crippen molar-refractivity contribution in [2.24, 2.45) is 5.92 Å². The predicted molar refractivity (Wildman–Crippen MR) is 62.7 cm³/mol. The molecule has 0 aromatic rings. The largest absolute Gasteiger partial charge is 0.381 e. The first-order chi connectivity index (χ1) is 6.74. The van der Waals surface area contributed by atoms with Crippen LogP contribution in [0.4, 0.5) is 0 Å². The Morgan fingerprint density at radius 1 is 1.36 bits per heavy atom. The molecule has 0 spiro atoms. The van der Waals surface area contributed by atoms with Crippen molar-refractivity contribution in [3.8, 4) is 0 Å². The average Bonchev–Trinajstić information content (AvgIpc) is 2.66. The van der Waals surface area contributed by atoms with Crippen molar-refractivity contribution < 1.29 is 4.74 Å². The second-order valence-corrected chi connectivity index (χ2v) is 3.90. The first kappa shape index (κ1) is 13.9. The molecule has 1 saturated heterocycles. The van der Waals surface area contributed by atoms with E-state index in [1.807, 2.05) is 13.8 Å². The number of ether oxygens (including phenoxy) is 1. The van der Waals surface area contributed by atoms with Gasteiger partial charge in [-0.1, -0.05) is 13.8 Å². The van der Waals surface area contributed by atoms with Gasteiger partial charge in [0.1, 0.15) is 0 Å². The highest BCUT2D eigenvalue weighted by Gasteiger charge is 2.23. The lowest BCUT2D eigenvalue weighted by molar-refractivity contribution is 0.110. The van der Waals surface area contributed by atoms with Crippen molar-refractivity contribution in [2.45, 2.75) is 47.1 Å². The highest BCUT2D eigenvalue weighted by Crippen LogP contribution is 2.18. The smallest absolute Gasteiger partial charge is 0.0506 e. The normalized spacial score (nSPS) is 22.3. The van der Waals surface area contributed by atoms with Crippen molar-refractivity contribution in [3.05, 3.63) is 0 Å². The molecule has 0 N–H and O–H groups in total. The van der Waals surface area contributed by atoms with Crippen LogP contribution < -0.4 is 0 Å². The third-order valence-electron chi connectivity index (χ3n) is 2.61. The maximum atomic E-state index is 5.42. The molecule has 2 heteroatoms. The van der Waals surface area contributed by atoms with Gasteiger partial charge in [0.2, 0.25) is 0 Å². The summed E-state index contributed by atoms with van der Waals surface area (Å²) in [6, 6.07) is 0.705. The maximum Gasteiger partial charge on any atom is 0.0506 e. The number of likely N-dealkylation sites (tertiary alicyclic amines) is 1. The molecule has 0 aromatic carbocycles. The molecule has 0 radical (unpaired) electrons. The van der Waals surface area contributed by atoms with Gasteiger partial charge in [-0.15, -0.1) is 0 Å². The van der Waals surface area contributed by atoms with Gasteiger partial charge in [-0.2, -0.15) is 0 Å². The standard InChI is InChI=1S/C10H21NO.C2H6/c1-4-12-8-10-5-6-11(7-10)9(2)3;1-2/h9-10H,4-8H2,1-3H3;1-2H3. The summed E-state index contributed by atoms with van der Waals surface area (Å²) in [7, 11) is 0. The van der Waals surface area contributed by atoms with Crippen LogP contribution in [0.5, 0.6) is 0 Å². The van der Waals surface area contributed by atoms with E-state index in [0.29, 0.717) is 6.04 Å². The molecule has 1 fully saturated rings. The van der Waals surface area contributed by atoms with Crippen LogP contribution in [0.3, 0.4) is 0 Å². The molecule has 0 amide bonds. The van der Waals surface area contributed by atoms with E-state index < -0.39 is 0 Å². The molecule has 1 unspecified atom stereocenters. The maximum absolute atomic E-state index is 5.42. The van der Waals surface area contributed by atoms with E-state index in [1.54, 1.807) is 0 Å². The molecular weight excluding hydrogens is 174 g/mol. The molecule has 0 aliphatic carbocycles. The van der Waals surface area contributed by atoms with Crippen molar-refractivity contribution >= 4 is 0 Å². The third kappa shape index (κ3) is 4.97. The Labute approximate surface area is 89.6 Å². The topological polar surface area (TPSA) is 12.5 Å². The molecule has 2 nitrogen and oxygen atoms in total. The van der Waals surface area contributed by atoms with Crippen LogP contribution in [-0.2, 0) is 4.74 Å². The number of rotatable bonds is 4. The lowest BCUT2D eigenvalue weighted by atomic mass is 10.1. The summed E-state index contributed by atoms with van der Waals surface area (Å²) in [5, 5.41) is 0. The number of hydrogen-bond acceptors (Lipinski definition) is 2. The highest BCUT2D eigenvalue weighted by atomic mass is 16.5. The minimum atomic E-state index is 0.705. The van der Waals surface area contributed by atoms with E-state index in [9.17, 15) is 0 Å². The molecule has 1 aliphatic rings. The fraction of sp³-hybridized carbons (Fsp3) is 1.00. The molecule has 14 heavy (non-hydrogen) atoms. The summed E-state index contributed by atoms with van der Waals surface area (Å²) < 4.78 is 5.42. The Morgan fingerprint density at radius 2 is 2.00 bits per heavy atom. The second kappa shape index (κ2) is 8.25. The van der Waals surface area contributed by atoms with Crippen molar-refractivity contribution in [2.75, 3.05) is 26.3 Å². The van der Waals surface area contributed by atoms with Crippen LogP contribution >= 0.6 is 0 Å². The molecule has 0 aromatic heterocycles. The van der Waals surface area contributed by atoms with Gasteiger partial charge in [0.05, 0.1) is 6.61 Å². The predicted octanol–water partition coefficient (Wildman–Crippen LogP) is 2.78. The quantitative estimate of drug-likeness (QED) is 0.693. The monoisotopic (exact) mass is 201 g/mol. The Bertz CT molecular complexity index is 125. The lowest BCUT2D eigenvalue weighted by Gasteiger charge is -2.20. The van der Waals surface area contributed by atoms with E-state index in [1.165, 1.54) is 19.5 Å². The van der Waals surface area contributed by atoms with Crippen molar-refractivity contribution in [3.63, 3.8) is 0 Å². The Balaban J connectivity index is 0.000000791. The molecule has 1 heterocycles. The third-order valence-corrected chi connectivity index (χ3v) is 2.61. The van der Waals surface area contributed by atoms with E-state index in [2.05, 4.69) is 25.7 Å². The van der Waals surface area contributed by atoms with Gasteiger partial charge in [-0.3, -0.25) is 0 Å². The fourth-order valence-corrected chi connectivity index (χ4v) is 1.75. The van der Waals surface area contributed by atoms with Crippen LogP contribution in [-0.4, -0.2) is 37.2 Å². The summed E-state index contributed by atoms with van der Waals surface area (Å²) in [6.45, 7) is 14.9. The SMILES string of the molecule is CC.CCOCC1CCN(C(C)C)C1. The Morgan fingerprint density at radius 3 is 2.43 bits per heavy atom. The van der Waals surface area contributed by atoms with Gasteiger partial charge in [0.15, 0.2) is 0 Å². The summed E-state index contributed by atoms with van der Waals surface area (Å²) in [5.41, 5.74) is 0. The second-order valence-electron chi connectivity index (χ2n) is 3.90. The molecule has 86 valence electrons. The van der Waals surface area contributed by atoms with Crippen LogP contribution in [0.25, 0.3) is 0 Å². The summed E-state index contributed by atoms with van der Waals surface area (Å²) in [4.78, 5) is 2.53. The zero-order chi connectivity index (χ0) is 11.0. The van der Waals surface area contributed by atoms with E-state index in [4.69, 9.17) is 4.74 Å².